The molecule has 1 aliphatic rings. The second kappa shape index (κ2) is 5.16. The Morgan fingerprint density at radius 2 is 1.86 bits per heavy atom. The third-order valence-corrected chi connectivity index (χ3v) is 4.12. The van der Waals surface area contributed by atoms with E-state index in [0.29, 0.717) is 5.92 Å². The summed E-state index contributed by atoms with van der Waals surface area (Å²) >= 11 is 0. The lowest BCUT2D eigenvalue weighted by atomic mass is 9.78. The first-order valence-corrected chi connectivity index (χ1v) is 6.34. The minimum absolute atomic E-state index is 0.339. The van der Waals surface area contributed by atoms with E-state index in [1.807, 2.05) is 0 Å². The van der Waals surface area contributed by atoms with Gasteiger partial charge in [0.2, 0.25) is 0 Å². The predicted octanol–water partition coefficient (Wildman–Crippen LogP) is 3.75. The molecule has 1 nitrogen and oxygen atoms in total. The topological polar surface area (TPSA) is 20.2 Å². The fourth-order valence-electron chi connectivity index (χ4n) is 2.98. The molecule has 0 saturated heterocycles. The largest absolute Gasteiger partial charge is 0.390 e. The first-order chi connectivity index (χ1) is 6.62. The van der Waals surface area contributed by atoms with Crippen molar-refractivity contribution in [2.24, 2.45) is 11.8 Å². The van der Waals surface area contributed by atoms with Gasteiger partial charge in [-0.05, 0) is 31.1 Å². The summed E-state index contributed by atoms with van der Waals surface area (Å²) in [6.45, 7) is 6.74. The summed E-state index contributed by atoms with van der Waals surface area (Å²) in [6.07, 6.45) is 8.05. The van der Waals surface area contributed by atoms with Crippen LogP contribution in [0.5, 0.6) is 0 Å². The van der Waals surface area contributed by atoms with Crippen molar-refractivity contribution in [1.29, 1.82) is 0 Å². The Bertz CT molecular complexity index is 163. The molecule has 1 aliphatic carbocycles. The summed E-state index contributed by atoms with van der Waals surface area (Å²) in [4.78, 5) is 0. The fraction of sp³-hybridized carbons (Fsp3) is 1.00. The van der Waals surface area contributed by atoms with E-state index in [9.17, 15) is 5.11 Å². The normalized spacial score (nSPS) is 34.5. The average Bonchev–Trinajstić information content (AvgIpc) is 2.32. The zero-order valence-electron chi connectivity index (χ0n) is 10.1. The summed E-state index contributed by atoms with van der Waals surface area (Å²) in [5.41, 5.74) is -0.339. The molecular formula is C13H26O. The van der Waals surface area contributed by atoms with Crippen molar-refractivity contribution in [3.8, 4) is 0 Å². The van der Waals surface area contributed by atoms with Crippen LogP contribution in [-0.2, 0) is 0 Å². The van der Waals surface area contributed by atoms with E-state index in [4.69, 9.17) is 0 Å². The van der Waals surface area contributed by atoms with Gasteiger partial charge in [0.25, 0.3) is 0 Å². The summed E-state index contributed by atoms with van der Waals surface area (Å²) < 4.78 is 0. The third-order valence-electron chi connectivity index (χ3n) is 4.12. The first-order valence-electron chi connectivity index (χ1n) is 6.34. The molecule has 1 heteroatoms. The standard InChI is InChI=1S/C13H26O/c1-4-12(5-2)13(14)9-6-7-11(3)8-10-13/h11-12,14H,4-10H2,1-3H3. The van der Waals surface area contributed by atoms with E-state index in [-0.39, 0.29) is 5.60 Å². The average molecular weight is 198 g/mol. The van der Waals surface area contributed by atoms with Gasteiger partial charge in [0, 0.05) is 0 Å². The lowest BCUT2D eigenvalue weighted by molar-refractivity contribution is -0.0357. The van der Waals surface area contributed by atoms with Crippen LogP contribution in [0.4, 0.5) is 0 Å². The summed E-state index contributed by atoms with van der Waals surface area (Å²) in [7, 11) is 0. The van der Waals surface area contributed by atoms with Crippen molar-refractivity contribution in [2.75, 3.05) is 0 Å². The molecule has 0 bridgehead atoms. The van der Waals surface area contributed by atoms with Crippen LogP contribution >= 0.6 is 0 Å². The molecule has 0 radical (unpaired) electrons. The number of hydrogen-bond acceptors (Lipinski definition) is 1. The maximum Gasteiger partial charge on any atom is 0.0675 e. The Morgan fingerprint density at radius 1 is 1.21 bits per heavy atom. The third kappa shape index (κ3) is 2.73. The zero-order valence-corrected chi connectivity index (χ0v) is 10.1. The highest BCUT2D eigenvalue weighted by Crippen LogP contribution is 2.38. The van der Waals surface area contributed by atoms with Crippen LogP contribution in [-0.4, -0.2) is 10.7 Å². The fourth-order valence-corrected chi connectivity index (χ4v) is 2.98. The maximum atomic E-state index is 10.6. The molecule has 2 atom stereocenters. The second-order valence-corrected chi connectivity index (χ2v) is 5.15. The molecular weight excluding hydrogens is 172 g/mol. The van der Waals surface area contributed by atoms with Crippen LogP contribution in [0.1, 0.15) is 65.7 Å². The van der Waals surface area contributed by atoms with Crippen LogP contribution < -0.4 is 0 Å². The molecule has 84 valence electrons. The van der Waals surface area contributed by atoms with Gasteiger partial charge < -0.3 is 5.11 Å². The van der Waals surface area contributed by atoms with Gasteiger partial charge in [0.15, 0.2) is 0 Å². The molecule has 0 aliphatic heterocycles. The molecule has 14 heavy (non-hydrogen) atoms. The first kappa shape index (κ1) is 12.0. The molecule has 1 saturated carbocycles. The number of aliphatic hydroxyl groups is 1. The lowest BCUT2D eigenvalue weighted by Gasteiger charge is -2.34. The van der Waals surface area contributed by atoms with E-state index in [2.05, 4.69) is 20.8 Å². The molecule has 0 aromatic rings. The van der Waals surface area contributed by atoms with Crippen molar-refractivity contribution >= 4 is 0 Å². The Labute approximate surface area is 88.9 Å². The van der Waals surface area contributed by atoms with Gasteiger partial charge in [-0.1, -0.05) is 46.5 Å². The van der Waals surface area contributed by atoms with E-state index in [1.165, 1.54) is 19.3 Å². The number of hydrogen-bond donors (Lipinski definition) is 1. The quantitative estimate of drug-likeness (QED) is 0.685. The summed E-state index contributed by atoms with van der Waals surface area (Å²) in [5.74, 6) is 1.34. The molecule has 1 fully saturated rings. The molecule has 0 aromatic heterocycles. The zero-order chi connectivity index (χ0) is 10.6. The van der Waals surface area contributed by atoms with Crippen molar-refractivity contribution in [1.82, 2.24) is 0 Å². The minimum Gasteiger partial charge on any atom is -0.390 e. The Morgan fingerprint density at radius 3 is 2.43 bits per heavy atom. The second-order valence-electron chi connectivity index (χ2n) is 5.15. The Kier molecular flexibility index (Phi) is 4.43. The van der Waals surface area contributed by atoms with Gasteiger partial charge in [0.05, 0.1) is 5.60 Å². The van der Waals surface area contributed by atoms with Crippen LogP contribution in [0, 0.1) is 11.8 Å². The van der Waals surface area contributed by atoms with Gasteiger partial charge in [-0.25, -0.2) is 0 Å². The minimum atomic E-state index is -0.339. The molecule has 1 rings (SSSR count). The van der Waals surface area contributed by atoms with Gasteiger partial charge in [0.1, 0.15) is 0 Å². The van der Waals surface area contributed by atoms with Crippen molar-refractivity contribution < 1.29 is 5.11 Å². The summed E-state index contributed by atoms with van der Waals surface area (Å²) in [5, 5.41) is 10.6. The Balaban J connectivity index is 2.61. The van der Waals surface area contributed by atoms with Crippen LogP contribution in [0.15, 0.2) is 0 Å². The monoisotopic (exact) mass is 198 g/mol. The maximum absolute atomic E-state index is 10.6. The van der Waals surface area contributed by atoms with Crippen molar-refractivity contribution in [3.05, 3.63) is 0 Å². The molecule has 0 aromatic carbocycles. The van der Waals surface area contributed by atoms with Crippen LogP contribution in [0.3, 0.4) is 0 Å². The van der Waals surface area contributed by atoms with Gasteiger partial charge in [-0.2, -0.15) is 0 Å². The predicted molar refractivity (Wildman–Crippen MR) is 61.3 cm³/mol. The van der Waals surface area contributed by atoms with E-state index in [1.54, 1.807) is 0 Å². The molecule has 0 spiro atoms. The van der Waals surface area contributed by atoms with E-state index < -0.39 is 0 Å². The van der Waals surface area contributed by atoms with Gasteiger partial charge in [-0.15, -0.1) is 0 Å². The highest BCUT2D eigenvalue weighted by molar-refractivity contribution is 4.87. The lowest BCUT2D eigenvalue weighted by Crippen LogP contribution is -2.36. The van der Waals surface area contributed by atoms with Crippen LogP contribution in [0.25, 0.3) is 0 Å². The molecule has 2 unspecified atom stereocenters. The highest BCUT2D eigenvalue weighted by atomic mass is 16.3. The highest BCUT2D eigenvalue weighted by Gasteiger charge is 2.35. The van der Waals surface area contributed by atoms with Gasteiger partial charge >= 0.3 is 0 Å². The molecule has 0 heterocycles. The number of rotatable bonds is 3. The van der Waals surface area contributed by atoms with E-state index >= 15 is 0 Å². The van der Waals surface area contributed by atoms with Crippen molar-refractivity contribution in [3.63, 3.8) is 0 Å². The smallest absolute Gasteiger partial charge is 0.0675 e. The molecule has 0 amide bonds. The van der Waals surface area contributed by atoms with Crippen molar-refractivity contribution in [2.45, 2.75) is 71.3 Å². The van der Waals surface area contributed by atoms with Gasteiger partial charge in [-0.3, -0.25) is 0 Å². The summed E-state index contributed by atoms with van der Waals surface area (Å²) in [6, 6.07) is 0. The van der Waals surface area contributed by atoms with Crippen LogP contribution in [0.2, 0.25) is 0 Å². The van der Waals surface area contributed by atoms with E-state index in [0.717, 1.165) is 31.6 Å². The molecule has 1 N–H and O–H groups in total. The SMILES string of the molecule is CCC(CC)C1(O)CCCC(C)CC1. The Hall–Kier alpha value is -0.0400.